The van der Waals surface area contributed by atoms with Crippen molar-refractivity contribution in [2.45, 2.75) is 19.6 Å². The maximum atomic E-state index is 5.26. The smallest absolute Gasteiger partial charge is 0.318 e. The van der Waals surface area contributed by atoms with Crippen LogP contribution in [0.1, 0.15) is 19.7 Å². The number of nitrogens with two attached hydrogens (primary N) is 1. The van der Waals surface area contributed by atoms with Gasteiger partial charge in [-0.1, -0.05) is 19.0 Å². The number of aromatic nitrogens is 2. The van der Waals surface area contributed by atoms with Crippen LogP contribution in [-0.2, 0) is 5.75 Å². The Morgan fingerprint density at radius 1 is 1.58 bits per heavy atom. The second-order valence-electron chi connectivity index (χ2n) is 2.96. The maximum Gasteiger partial charge on any atom is 0.318 e. The van der Waals surface area contributed by atoms with Gasteiger partial charge in [0.1, 0.15) is 0 Å². The third-order valence-corrected chi connectivity index (χ3v) is 2.53. The Kier molecular flexibility index (Phi) is 3.40. The number of hydrogen-bond donors (Lipinski definition) is 1. The molecule has 0 saturated carbocycles. The van der Waals surface area contributed by atoms with E-state index in [1.165, 1.54) is 0 Å². The molecule has 1 heterocycles. The monoisotopic (exact) mass is 187 g/mol. The van der Waals surface area contributed by atoms with Gasteiger partial charge < -0.3 is 10.3 Å². The fourth-order valence-electron chi connectivity index (χ4n) is 0.712. The Morgan fingerprint density at radius 3 is 2.83 bits per heavy atom. The van der Waals surface area contributed by atoms with Crippen molar-refractivity contribution in [2.24, 2.45) is 5.92 Å². The minimum atomic E-state index is 0.148. The van der Waals surface area contributed by atoms with E-state index in [-0.39, 0.29) is 6.01 Å². The standard InChI is InChI=1S/C7H13N3OS/c1-5(2)3-12-4-6-9-7(8)11-10-6/h5H,3-4H2,1-2H3,(H2,8,9,10). The largest absolute Gasteiger partial charge is 0.351 e. The van der Waals surface area contributed by atoms with E-state index in [4.69, 9.17) is 5.73 Å². The van der Waals surface area contributed by atoms with E-state index in [2.05, 4.69) is 28.5 Å². The van der Waals surface area contributed by atoms with Gasteiger partial charge in [-0.05, 0) is 11.7 Å². The number of nitrogen functional groups attached to an aromatic ring is 1. The molecule has 0 aliphatic heterocycles. The van der Waals surface area contributed by atoms with Gasteiger partial charge in [0.25, 0.3) is 0 Å². The van der Waals surface area contributed by atoms with Crippen molar-refractivity contribution < 1.29 is 4.52 Å². The summed E-state index contributed by atoms with van der Waals surface area (Å²) in [6, 6.07) is 0.148. The molecule has 0 aliphatic rings. The van der Waals surface area contributed by atoms with Gasteiger partial charge in [0, 0.05) is 0 Å². The first-order chi connectivity index (χ1) is 5.68. The summed E-state index contributed by atoms with van der Waals surface area (Å²) in [6.07, 6.45) is 0. The van der Waals surface area contributed by atoms with Crippen LogP contribution in [0.5, 0.6) is 0 Å². The molecular formula is C7H13N3OS. The Balaban J connectivity index is 2.24. The number of thioether (sulfide) groups is 1. The maximum absolute atomic E-state index is 5.26. The first-order valence-corrected chi connectivity index (χ1v) is 4.99. The highest BCUT2D eigenvalue weighted by atomic mass is 32.2. The molecule has 0 radical (unpaired) electrons. The number of anilines is 1. The summed E-state index contributed by atoms with van der Waals surface area (Å²) in [5.74, 6) is 3.25. The van der Waals surface area contributed by atoms with Crippen molar-refractivity contribution in [1.82, 2.24) is 10.1 Å². The minimum absolute atomic E-state index is 0.148. The molecule has 0 bridgehead atoms. The average Bonchev–Trinajstić information content (AvgIpc) is 2.35. The lowest BCUT2D eigenvalue weighted by Gasteiger charge is -2.00. The van der Waals surface area contributed by atoms with Gasteiger partial charge in [0.05, 0.1) is 5.75 Å². The summed E-state index contributed by atoms with van der Waals surface area (Å²) in [7, 11) is 0. The third-order valence-electron chi connectivity index (χ3n) is 1.17. The molecule has 0 unspecified atom stereocenters. The zero-order valence-electron chi connectivity index (χ0n) is 7.28. The fourth-order valence-corrected chi connectivity index (χ4v) is 1.60. The molecule has 0 aromatic carbocycles. The van der Waals surface area contributed by atoms with Crippen molar-refractivity contribution in [3.8, 4) is 0 Å². The van der Waals surface area contributed by atoms with E-state index in [0.29, 0.717) is 11.7 Å². The molecule has 2 N–H and O–H groups in total. The third kappa shape index (κ3) is 3.13. The van der Waals surface area contributed by atoms with Crippen molar-refractivity contribution >= 4 is 17.8 Å². The molecule has 12 heavy (non-hydrogen) atoms. The van der Waals surface area contributed by atoms with E-state index >= 15 is 0 Å². The number of hydrogen-bond acceptors (Lipinski definition) is 5. The lowest BCUT2D eigenvalue weighted by molar-refractivity contribution is 0.429. The summed E-state index contributed by atoms with van der Waals surface area (Å²) < 4.78 is 4.63. The molecule has 0 saturated heterocycles. The van der Waals surface area contributed by atoms with Crippen LogP contribution in [0.3, 0.4) is 0 Å². The lowest BCUT2D eigenvalue weighted by atomic mass is 10.3. The summed E-state index contributed by atoms with van der Waals surface area (Å²) in [6.45, 7) is 4.36. The van der Waals surface area contributed by atoms with Crippen molar-refractivity contribution in [1.29, 1.82) is 0 Å². The summed E-state index contributed by atoms with van der Waals surface area (Å²) in [5.41, 5.74) is 5.26. The fraction of sp³-hybridized carbons (Fsp3) is 0.714. The van der Waals surface area contributed by atoms with Crippen LogP contribution in [0.4, 0.5) is 6.01 Å². The van der Waals surface area contributed by atoms with E-state index in [1.807, 2.05) is 0 Å². The number of nitrogens with zero attached hydrogens (tertiary/aromatic N) is 2. The SMILES string of the molecule is CC(C)CSCc1noc(N)n1. The highest BCUT2D eigenvalue weighted by molar-refractivity contribution is 7.98. The van der Waals surface area contributed by atoms with E-state index < -0.39 is 0 Å². The van der Waals surface area contributed by atoms with Crippen molar-refractivity contribution in [2.75, 3.05) is 11.5 Å². The zero-order valence-corrected chi connectivity index (χ0v) is 8.10. The highest BCUT2D eigenvalue weighted by Gasteiger charge is 2.02. The second kappa shape index (κ2) is 4.35. The Hall–Kier alpha value is -0.710. The van der Waals surface area contributed by atoms with Crippen LogP contribution in [0, 0.1) is 5.92 Å². The first-order valence-electron chi connectivity index (χ1n) is 3.84. The van der Waals surface area contributed by atoms with E-state index in [1.54, 1.807) is 11.8 Å². The van der Waals surface area contributed by atoms with Crippen LogP contribution in [0.15, 0.2) is 4.52 Å². The summed E-state index contributed by atoms with van der Waals surface area (Å²) >= 11 is 1.79. The van der Waals surface area contributed by atoms with Gasteiger partial charge >= 0.3 is 6.01 Å². The van der Waals surface area contributed by atoms with Crippen LogP contribution < -0.4 is 5.73 Å². The molecule has 0 aliphatic carbocycles. The first kappa shape index (κ1) is 9.38. The minimum Gasteiger partial charge on any atom is -0.351 e. The molecule has 68 valence electrons. The quantitative estimate of drug-likeness (QED) is 0.774. The normalized spacial score (nSPS) is 10.9. The zero-order chi connectivity index (χ0) is 8.97. The summed E-state index contributed by atoms with van der Waals surface area (Å²) in [4.78, 5) is 3.89. The molecule has 0 spiro atoms. The molecule has 0 fully saturated rings. The van der Waals surface area contributed by atoms with Crippen molar-refractivity contribution in [3.05, 3.63) is 5.82 Å². The van der Waals surface area contributed by atoms with Gasteiger partial charge in [0.2, 0.25) is 0 Å². The Morgan fingerprint density at radius 2 is 2.33 bits per heavy atom. The molecule has 0 atom stereocenters. The van der Waals surface area contributed by atoms with Gasteiger partial charge in [-0.15, -0.1) is 0 Å². The summed E-state index contributed by atoms with van der Waals surface area (Å²) in [5, 5.41) is 3.68. The van der Waals surface area contributed by atoms with Crippen LogP contribution >= 0.6 is 11.8 Å². The Labute approximate surface area is 75.9 Å². The molecular weight excluding hydrogens is 174 g/mol. The molecule has 0 amide bonds. The number of rotatable bonds is 4. The molecule has 5 heteroatoms. The lowest BCUT2D eigenvalue weighted by Crippen LogP contribution is -1.93. The Bertz CT molecular complexity index is 236. The van der Waals surface area contributed by atoms with Crippen molar-refractivity contribution in [3.63, 3.8) is 0 Å². The highest BCUT2D eigenvalue weighted by Crippen LogP contribution is 2.13. The van der Waals surface area contributed by atoms with Crippen LogP contribution in [0.25, 0.3) is 0 Å². The predicted molar refractivity (Wildman–Crippen MR) is 49.7 cm³/mol. The molecule has 1 aromatic heterocycles. The second-order valence-corrected chi connectivity index (χ2v) is 3.99. The van der Waals surface area contributed by atoms with Crippen LogP contribution in [0.2, 0.25) is 0 Å². The molecule has 1 aromatic rings. The predicted octanol–water partition coefficient (Wildman–Crippen LogP) is 1.54. The van der Waals surface area contributed by atoms with Gasteiger partial charge in [-0.3, -0.25) is 0 Å². The topological polar surface area (TPSA) is 64.9 Å². The average molecular weight is 187 g/mol. The molecule has 1 rings (SSSR count). The van der Waals surface area contributed by atoms with Gasteiger partial charge in [0.15, 0.2) is 5.82 Å². The molecule has 4 nitrogen and oxygen atoms in total. The van der Waals surface area contributed by atoms with Gasteiger partial charge in [-0.25, -0.2) is 0 Å². The van der Waals surface area contributed by atoms with Crippen LogP contribution in [-0.4, -0.2) is 15.9 Å². The van der Waals surface area contributed by atoms with E-state index in [9.17, 15) is 0 Å². The van der Waals surface area contributed by atoms with E-state index in [0.717, 1.165) is 11.5 Å². The van der Waals surface area contributed by atoms with Gasteiger partial charge in [-0.2, -0.15) is 16.7 Å².